The van der Waals surface area contributed by atoms with E-state index >= 15 is 0 Å². The van der Waals surface area contributed by atoms with Crippen molar-refractivity contribution in [1.82, 2.24) is 14.9 Å². The van der Waals surface area contributed by atoms with Gasteiger partial charge in [-0.3, -0.25) is 4.90 Å². The van der Waals surface area contributed by atoms with E-state index in [1.165, 1.54) is 0 Å². The molecule has 0 N–H and O–H groups in total. The van der Waals surface area contributed by atoms with Crippen molar-refractivity contribution < 1.29 is 0 Å². The Morgan fingerprint density at radius 2 is 1.78 bits per heavy atom. The third-order valence-electron chi connectivity index (χ3n) is 3.23. The largest absolute Gasteiger partial charge is 0.338 e. The van der Waals surface area contributed by atoms with E-state index in [0.717, 1.165) is 26.2 Å². The number of halogens is 1. The van der Waals surface area contributed by atoms with E-state index in [9.17, 15) is 0 Å². The second kappa shape index (κ2) is 5.09. The summed E-state index contributed by atoms with van der Waals surface area (Å²) in [6, 6.07) is 2.33. The SMILES string of the molecule is CC(C)(C#N)N1CCN(c2ncc(Cl)cn2)CC1. The number of anilines is 1. The van der Waals surface area contributed by atoms with Gasteiger partial charge in [0, 0.05) is 26.2 Å². The van der Waals surface area contributed by atoms with Crippen molar-refractivity contribution in [2.24, 2.45) is 0 Å². The van der Waals surface area contributed by atoms with Gasteiger partial charge in [0.15, 0.2) is 0 Å². The second-order valence-electron chi connectivity index (χ2n) is 4.85. The summed E-state index contributed by atoms with van der Waals surface area (Å²) in [7, 11) is 0. The Labute approximate surface area is 112 Å². The fourth-order valence-electron chi connectivity index (χ4n) is 2.00. The fraction of sp³-hybridized carbons (Fsp3) is 0.583. The van der Waals surface area contributed by atoms with Crippen LogP contribution in [0.4, 0.5) is 5.95 Å². The summed E-state index contributed by atoms with van der Waals surface area (Å²) in [6.45, 7) is 7.22. The normalized spacial score (nSPS) is 17.6. The van der Waals surface area contributed by atoms with Crippen LogP contribution < -0.4 is 4.90 Å². The number of rotatable bonds is 2. The molecule has 1 fully saturated rings. The summed E-state index contributed by atoms with van der Waals surface area (Å²) in [5.74, 6) is 0.703. The Morgan fingerprint density at radius 1 is 1.22 bits per heavy atom. The van der Waals surface area contributed by atoms with E-state index in [4.69, 9.17) is 16.9 Å². The maximum absolute atomic E-state index is 9.12. The smallest absolute Gasteiger partial charge is 0.225 e. The van der Waals surface area contributed by atoms with Crippen LogP contribution in [0.25, 0.3) is 0 Å². The lowest BCUT2D eigenvalue weighted by Gasteiger charge is -2.40. The molecular formula is C12H16ClN5. The molecule has 2 rings (SSSR count). The molecule has 1 aromatic heterocycles. The monoisotopic (exact) mass is 265 g/mol. The van der Waals surface area contributed by atoms with Gasteiger partial charge in [0.2, 0.25) is 5.95 Å². The first kappa shape index (κ1) is 13.1. The van der Waals surface area contributed by atoms with Crippen LogP contribution in [-0.2, 0) is 0 Å². The molecule has 2 heterocycles. The maximum Gasteiger partial charge on any atom is 0.225 e. The van der Waals surface area contributed by atoms with Crippen molar-refractivity contribution >= 4 is 17.5 Å². The van der Waals surface area contributed by atoms with Crippen LogP contribution in [0.3, 0.4) is 0 Å². The number of hydrogen-bond acceptors (Lipinski definition) is 5. The van der Waals surface area contributed by atoms with Gasteiger partial charge in [-0.1, -0.05) is 11.6 Å². The molecule has 5 nitrogen and oxygen atoms in total. The Kier molecular flexibility index (Phi) is 3.69. The molecule has 0 saturated carbocycles. The fourth-order valence-corrected chi connectivity index (χ4v) is 2.10. The summed E-state index contributed by atoms with van der Waals surface area (Å²) < 4.78 is 0. The quantitative estimate of drug-likeness (QED) is 0.812. The minimum Gasteiger partial charge on any atom is -0.338 e. The molecule has 0 aromatic carbocycles. The van der Waals surface area contributed by atoms with E-state index in [1.807, 2.05) is 13.8 Å². The van der Waals surface area contributed by atoms with Gasteiger partial charge in [0.05, 0.1) is 23.5 Å². The van der Waals surface area contributed by atoms with Gasteiger partial charge in [-0.15, -0.1) is 0 Å². The highest BCUT2D eigenvalue weighted by molar-refractivity contribution is 6.30. The topological polar surface area (TPSA) is 56.1 Å². The first-order valence-electron chi connectivity index (χ1n) is 5.92. The molecule has 18 heavy (non-hydrogen) atoms. The zero-order valence-electron chi connectivity index (χ0n) is 10.6. The first-order chi connectivity index (χ1) is 8.53. The third-order valence-corrected chi connectivity index (χ3v) is 3.43. The number of aromatic nitrogens is 2. The zero-order valence-corrected chi connectivity index (χ0v) is 11.4. The summed E-state index contributed by atoms with van der Waals surface area (Å²) >= 11 is 5.76. The predicted octanol–water partition coefficient (Wildman–Crippen LogP) is 1.55. The Balaban J connectivity index is 1.99. The lowest BCUT2D eigenvalue weighted by molar-refractivity contribution is 0.157. The number of piperazine rings is 1. The molecule has 1 aromatic rings. The molecule has 1 aliphatic rings. The average molecular weight is 266 g/mol. The Bertz CT molecular complexity index is 443. The highest BCUT2D eigenvalue weighted by Crippen LogP contribution is 2.18. The second-order valence-corrected chi connectivity index (χ2v) is 5.28. The lowest BCUT2D eigenvalue weighted by Crippen LogP contribution is -2.54. The summed E-state index contributed by atoms with van der Waals surface area (Å²) in [5.41, 5.74) is -0.410. The zero-order chi connectivity index (χ0) is 13.2. The molecule has 0 atom stereocenters. The molecule has 0 bridgehead atoms. The van der Waals surface area contributed by atoms with Crippen molar-refractivity contribution in [3.63, 3.8) is 0 Å². The standard InChI is InChI=1S/C12H16ClN5/c1-12(2,9-14)18-5-3-17(4-6-18)11-15-7-10(13)8-16-11/h7-8H,3-6H2,1-2H3. The minimum atomic E-state index is -0.410. The van der Waals surface area contributed by atoms with Crippen LogP contribution in [0.5, 0.6) is 0 Å². The number of nitriles is 1. The van der Waals surface area contributed by atoms with Gasteiger partial charge in [-0.05, 0) is 13.8 Å². The van der Waals surface area contributed by atoms with Crippen molar-refractivity contribution in [1.29, 1.82) is 5.26 Å². The van der Waals surface area contributed by atoms with Crippen LogP contribution in [0.15, 0.2) is 12.4 Å². The van der Waals surface area contributed by atoms with Crippen LogP contribution in [-0.4, -0.2) is 46.6 Å². The molecule has 96 valence electrons. The number of nitrogens with zero attached hydrogens (tertiary/aromatic N) is 5. The van der Waals surface area contributed by atoms with Gasteiger partial charge in [0.1, 0.15) is 5.54 Å². The number of hydrogen-bond donors (Lipinski definition) is 0. The maximum atomic E-state index is 9.12. The first-order valence-corrected chi connectivity index (χ1v) is 6.29. The van der Waals surface area contributed by atoms with E-state index in [2.05, 4.69) is 25.8 Å². The van der Waals surface area contributed by atoms with Crippen LogP contribution in [0, 0.1) is 11.3 Å². The van der Waals surface area contributed by atoms with Crippen molar-refractivity contribution in [3.8, 4) is 6.07 Å². The van der Waals surface area contributed by atoms with Gasteiger partial charge in [-0.2, -0.15) is 5.26 Å². The van der Waals surface area contributed by atoms with Crippen LogP contribution in [0.1, 0.15) is 13.8 Å². The molecule has 0 unspecified atom stereocenters. The molecule has 1 aliphatic heterocycles. The van der Waals surface area contributed by atoms with Crippen LogP contribution >= 0.6 is 11.6 Å². The summed E-state index contributed by atoms with van der Waals surface area (Å²) in [5, 5.41) is 9.66. The van der Waals surface area contributed by atoms with E-state index in [-0.39, 0.29) is 0 Å². The molecule has 1 saturated heterocycles. The molecule has 0 spiro atoms. The highest BCUT2D eigenvalue weighted by Gasteiger charge is 2.30. The molecule has 0 radical (unpaired) electrons. The molecular weight excluding hydrogens is 250 g/mol. The van der Waals surface area contributed by atoms with E-state index in [1.54, 1.807) is 12.4 Å². The highest BCUT2D eigenvalue weighted by atomic mass is 35.5. The van der Waals surface area contributed by atoms with Gasteiger partial charge >= 0.3 is 0 Å². The van der Waals surface area contributed by atoms with Gasteiger partial charge < -0.3 is 4.90 Å². The van der Waals surface area contributed by atoms with Crippen LogP contribution in [0.2, 0.25) is 5.02 Å². The Hall–Kier alpha value is -1.38. The molecule has 0 amide bonds. The predicted molar refractivity (Wildman–Crippen MR) is 70.5 cm³/mol. The third kappa shape index (κ3) is 2.71. The van der Waals surface area contributed by atoms with Crippen molar-refractivity contribution in [2.45, 2.75) is 19.4 Å². The molecule has 6 heteroatoms. The summed E-state index contributed by atoms with van der Waals surface area (Å²) in [4.78, 5) is 12.7. The average Bonchev–Trinajstić information content (AvgIpc) is 2.40. The minimum absolute atomic E-state index is 0.410. The van der Waals surface area contributed by atoms with E-state index in [0.29, 0.717) is 11.0 Å². The lowest BCUT2D eigenvalue weighted by atomic mass is 10.0. The van der Waals surface area contributed by atoms with Crippen molar-refractivity contribution in [2.75, 3.05) is 31.1 Å². The summed E-state index contributed by atoms with van der Waals surface area (Å²) in [6.07, 6.45) is 3.21. The van der Waals surface area contributed by atoms with E-state index < -0.39 is 5.54 Å². The van der Waals surface area contributed by atoms with Gasteiger partial charge in [0.25, 0.3) is 0 Å². The molecule has 0 aliphatic carbocycles. The van der Waals surface area contributed by atoms with Crippen molar-refractivity contribution in [3.05, 3.63) is 17.4 Å². The van der Waals surface area contributed by atoms with Gasteiger partial charge in [-0.25, -0.2) is 9.97 Å². The Morgan fingerprint density at radius 3 is 2.28 bits per heavy atom.